The topological polar surface area (TPSA) is 29.9 Å². The van der Waals surface area contributed by atoms with Crippen LogP contribution in [0.5, 0.6) is 0 Å². The van der Waals surface area contributed by atoms with Crippen LogP contribution >= 0.6 is 0 Å². The molecular formula is C18H29N3. The smallest absolute Gasteiger partial charge is 0.0762 e. The number of allylic oxidation sites excluding steroid dienone is 1. The van der Waals surface area contributed by atoms with Crippen LogP contribution in [0.1, 0.15) is 75.9 Å². The van der Waals surface area contributed by atoms with Crippen molar-refractivity contribution in [1.82, 2.24) is 15.1 Å². The van der Waals surface area contributed by atoms with Crippen molar-refractivity contribution in [3.8, 4) is 0 Å². The Hall–Kier alpha value is -1.09. The summed E-state index contributed by atoms with van der Waals surface area (Å²) in [7, 11) is 0. The van der Waals surface area contributed by atoms with Crippen molar-refractivity contribution in [1.29, 1.82) is 0 Å². The molecule has 116 valence electrons. The number of nitrogens with zero attached hydrogens (tertiary/aromatic N) is 2. The van der Waals surface area contributed by atoms with E-state index >= 15 is 0 Å². The third-order valence-electron chi connectivity index (χ3n) is 4.93. The SMILES string of the molecule is C1=C(CCNCc2ccn(C3CCCCC3)n2)CCCC1. The highest BCUT2D eigenvalue weighted by atomic mass is 15.3. The van der Waals surface area contributed by atoms with Crippen molar-refractivity contribution in [2.45, 2.75) is 76.8 Å². The minimum Gasteiger partial charge on any atom is -0.311 e. The molecule has 3 rings (SSSR count). The van der Waals surface area contributed by atoms with E-state index in [0.717, 1.165) is 13.1 Å². The van der Waals surface area contributed by atoms with Gasteiger partial charge in [-0.25, -0.2) is 0 Å². The molecule has 0 unspecified atom stereocenters. The van der Waals surface area contributed by atoms with Gasteiger partial charge in [0.25, 0.3) is 0 Å². The Morgan fingerprint density at radius 1 is 1.14 bits per heavy atom. The fourth-order valence-electron chi connectivity index (χ4n) is 3.62. The van der Waals surface area contributed by atoms with Crippen LogP contribution in [0.4, 0.5) is 0 Å². The van der Waals surface area contributed by atoms with Gasteiger partial charge in [-0.05, 0) is 57.6 Å². The van der Waals surface area contributed by atoms with Crippen molar-refractivity contribution in [3.05, 3.63) is 29.6 Å². The summed E-state index contributed by atoms with van der Waals surface area (Å²) in [5.41, 5.74) is 2.85. The Morgan fingerprint density at radius 3 is 2.86 bits per heavy atom. The third kappa shape index (κ3) is 4.44. The standard InChI is InChI=1S/C18H29N3/c1-3-7-16(8-4-1)11-13-19-15-17-12-14-21(20-17)18-9-5-2-6-10-18/h7,12,14,18-19H,1-6,8-11,13,15H2. The second-order valence-corrected chi connectivity index (χ2v) is 6.61. The normalized spacial score (nSPS) is 20.5. The minimum absolute atomic E-state index is 0.653. The van der Waals surface area contributed by atoms with Gasteiger partial charge in [-0.15, -0.1) is 0 Å². The third-order valence-corrected chi connectivity index (χ3v) is 4.93. The van der Waals surface area contributed by atoms with E-state index in [1.165, 1.54) is 69.9 Å². The van der Waals surface area contributed by atoms with Crippen LogP contribution < -0.4 is 5.32 Å². The second-order valence-electron chi connectivity index (χ2n) is 6.61. The highest BCUT2D eigenvalue weighted by Crippen LogP contribution is 2.27. The molecule has 1 saturated carbocycles. The van der Waals surface area contributed by atoms with Crippen LogP contribution in [0.3, 0.4) is 0 Å². The maximum Gasteiger partial charge on any atom is 0.0762 e. The summed E-state index contributed by atoms with van der Waals surface area (Å²) in [6.45, 7) is 2.00. The van der Waals surface area contributed by atoms with Crippen LogP contribution in [0.25, 0.3) is 0 Å². The van der Waals surface area contributed by atoms with Gasteiger partial charge in [0.15, 0.2) is 0 Å². The molecule has 2 aliphatic carbocycles. The zero-order chi connectivity index (χ0) is 14.3. The van der Waals surface area contributed by atoms with Crippen LogP contribution in [0, 0.1) is 0 Å². The van der Waals surface area contributed by atoms with Crippen LogP contribution in [-0.4, -0.2) is 16.3 Å². The van der Waals surface area contributed by atoms with E-state index in [-0.39, 0.29) is 0 Å². The fraction of sp³-hybridized carbons (Fsp3) is 0.722. The first-order valence-corrected chi connectivity index (χ1v) is 8.84. The predicted molar refractivity (Wildman–Crippen MR) is 87.2 cm³/mol. The molecule has 1 aromatic heterocycles. The molecule has 3 heteroatoms. The minimum atomic E-state index is 0.653. The fourth-order valence-corrected chi connectivity index (χ4v) is 3.62. The first-order chi connectivity index (χ1) is 10.4. The number of aromatic nitrogens is 2. The lowest BCUT2D eigenvalue weighted by atomic mass is 9.96. The van der Waals surface area contributed by atoms with Crippen LogP contribution in [0.15, 0.2) is 23.9 Å². The lowest BCUT2D eigenvalue weighted by molar-refractivity contribution is 0.327. The molecule has 1 N–H and O–H groups in total. The molecule has 0 spiro atoms. The molecule has 0 amide bonds. The Labute approximate surface area is 128 Å². The van der Waals surface area contributed by atoms with Gasteiger partial charge in [-0.2, -0.15) is 5.10 Å². The van der Waals surface area contributed by atoms with E-state index in [2.05, 4.69) is 28.3 Å². The highest BCUT2D eigenvalue weighted by Gasteiger charge is 2.15. The van der Waals surface area contributed by atoms with E-state index < -0.39 is 0 Å². The average Bonchev–Trinajstić information content (AvgIpc) is 3.02. The van der Waals surface area contributed by atoms with Gasteiger partial charge < -0.3 is 5.32 Å². The van der Waals surface area contributed by atoms with Crippen molar-refractivity contribution in [2.24, 2.45) is 0 Å². The lowest BCUT2D eigenvalue weighted by Crippen LogP contribution is -2.17. The Bertz CT molecular complexity index is 455. The lowest BCUT2D eigenvalue weighted by Gasteiger charge is -2.21. The summed E-state index contributed by atoms with van der Waals surface area (Å²) in [6, 6.07) is 2.83. The van der Waals surface area contributed by atoms with Gasteiger partial charge in [0, 0.05) is 12.7 Å². The second kappa shape index (κ2) is 7.79. The van der Waals surface area contributed by atoms with Gasteiger partial charge in [0.2, 0.25) is 0 Å². The quantitative estimate of drug-likeness (QED) is 0.622. The molecule has 0 aromatic carbocycles. The summed E-state index contributed by atoms with van der Waals surface area (Å²) >= 11 is 0. The van der Waals surface area contributed by atoms with E-state index in [1.54, 1.807) is 5.57 Å². The van der Waals surface area contributed by atoms with Gasteiger partial charge in [0.05, 0.1) is 11.7 Å². The van der Waals surface area contributed by atoms with E-state index in [4.69, 9.17) is 5.10 Å². The molecule has 0 radical (unpaired) electrons. The number of nitrogens with one attached hydrogen (secondary N) is 1. The maximum atomic E-state index is 4.76. The number of rotatable bonds is 6. The molecule has 0 bridgehead atoms. The maximum absolute atomic E-state index is 4.76. The summed E-state index contributed by atoms with van der Waals surface area (Å²) in [5.74, 6) is 0. The van der Waals surface area contributed by atoms with Gasteiger partial charge in [0.1, 0.15) is 0 Å². The first kappa shape index (κ1) is 14.8. The average molecular weight is 287 g/mol. The van der Waals surface area contributed by atoms with Crippen LogP contribution in [0.2, 0.25) is 0 Å². The molecule has 1 fully saturated rings. The molecule has 0 aliphatic heterocycles. The molecule has 21 heavy (non-hydrogen) atoms. The van der Waals surface area contributed by atoms with Crippen molar-refractivity contribution in [2.75, 3.05) is 6.54 Å². The summed E-state index contributed by atoms with van der Waals surface area (Å²) in [5, 5.41) is 8.31. The predicted octanol–water partition coefficient (Wildman–Crippen LogP) is 4.37. The summed E-state index contributed by atoms with van der Waals surface area (Å²) in [4.78, 5) is 0. The van der Waals surface area contributed by atoms with Crippen LogP contribution in [-0.2, 0) is 6.54 Å². The molecule has 0 atom stereocenters. The Balaban J connectivity index is 1.39. The van der Waals surface area contributed by atoms with E-state index in [0.29, 0.717) is 6.04 Å². The number of hydrogen-bond donors (Lipinski definition) is 1. The summed E-state index contributed by atoms with van der Waals surface area (Å²) in [6.07, 6.45) is 18.0. The molecule has 1 aromatic rings. The Morgan fingerprint density at radius 2 is 2.05 bits per heavy atom. The molecule has 2 aliphatic rings. The molecule has 0 saturated heterocycles. The molecule has 1 heterocycles. The highest BCUT2D eigenvalue weighted by molar-refractivity contribution is 5.05. The van der Waals surface area contributed by atoms with Crippen molar-refractivity contribution < 1.29 is 0 Å². The van der Waals surface area contributed by atoms with Gasteiger partial charge in [-0.1, -0.05) is 30.9 Å². The zero-order valence-corrected chi connectivity index (χ0v) is 13.2. The largest absolute Gasteiger partial charge is 0.311 e. The van der Waals surface area contributed by atoms with Gasteiger partial charge >= 0.3 is 0 Å². The summed E-state index contributed by atoms with van der Waals surface area (Å²) < 4.78 is 2.21. The first-order valence-electron chi connectivity index (χ1n) is 8.84. The van der Waals surface area contributed by atoms with Crippen molar-refractivity contribution in [3.63, 3.8) is 0 Å². The zero-order valence-electron chi connectivity index (χ0n) is 13.2. The van der Waals surface area contributed by atoms with E-state index in [9.17, 15) is 0 Å². The van der Waals surface area contributed by atoms with Crippen molar-refractivity contribution >= 4 is 0 Å². The Kier molecular flexibility index (Phi) is 5.50. The molecule has 3 nitrogen and oxygen atoms in total. The molecular weight excluding hydrogens is 258 g/mol. The monoisotopic (exact) mass is 287 g/mol. The number of hydrogen-bond acceptors (Lipinski definition) is 2. The van der Waals surface area contributed by atoms with E-state index in [1.807, 2.05) is 0 Å². The van der Waals surface area contributed by atoms with Gasteiger partial charge in [-0.3, -0.25) is 4.68 Å².